The molecule has 0 aliphatic carbocycles. The van der Waals surface area contributed by atoms with Crippen molar-refractivity contribution in [3.05, 3.63) is 29.8 Å². The van der Waals surface area contributed by atoms with E-state index in [1.54, 1.807) is 39.0 Å². The Hall–Kier alpha value is -3.14. The SMILES string of the molecule is CCC(=O)O.CCC(=O)O.CCC(=O)OC1CCOC(Oc2ccccc2C(=O)O)C1. The lowest BCUT2D eigenvalue weighted by molar-refractivity contribution is -0.170. The van der Waals surface area contributed by atoms with Crippen LogP contribution in [0.4, 0.5) is 0 Å². The molecule has 1 aliphatic rings. The van der Waals surface area contributed by atoms with Crippen molar-refractivity contribution in [1.29, 1.82) is 0 Å². The molecule has 1 aromatic rings. The van der Waals surface area contributed by atoms with Crippen LogP contribution in [0.1, 0.15) is 63.2 Å². The van der Waals surface area contributed by atoms with E-state index in [9.17, 15) is 19.2 Å². The van der Waals surface area contributed by atoms with E-state index in [1.165, 1.54) is 6.07 Å². The minimum absolute atomic E-state index is 0.0776. The maximum Gasteiger partial charge on any atom is 0.339 e. The van der Waals surface area contributed by atoms with Crippen molar-refractivity contribution in [2.45, 2.75) is 65.3 Å². The van der Waals surface area contributed by atoms with E-state index in [-0.39, 0.29) is 36.2 Å². The van der Waals surface area contributed by atoms with Gasteiger partial charge in [-0.05, 0) is 12.1 Å². The van der Waals surface area contributed by atoms with E-state index in [0.717, 1.165) is 0 Å². The van der Waals surface area contributed by atoms with Gasteiger partial charge in [-0.1, -0.05) is 32.9 Å². The third-order valence-electron chi connectivity index (χ3n) is 3.77. The van der Waals surface area contributed by atoms with Crippen molar-refractivity contribution in [2.24, 2.45) is 0 Å². The highest BCUT2D eigenvalue weighted by Gasteiger charge is 2.27. The Kier molecular flexibility index (Phi) is 14.1. The molecule has 3 N–H and O–H groups in total. The summed E-state index contributed by atoms with van der Waals surface area (Å²) < 4.78 is 16.3. The molecule has 0 spiro atoms. The maximum atomic E-state index is 11.3. The molecule has 31 heavy (non-hydrogen) atoms. The Morgan fingerprint density at radius 1 is 0.968 bits per heavy atom. The predicted molar refractivity (Wildman–Crippen MR) is 109 cm³/mol. The monoisotopic (exact) mass is 442 g/mol. The molecule has 0 amide bonds. The first-order valence-electron chi connectivity index (χ1n) is 9.88. The number of hydrogen-bond acceptors (Lipinski definition) is 7. The summed E-state index contributed by atoms with van der Waals surface area (Å²) in [5.41, 5.74) is 0.0776. The second kappa shape index (κ2) is 15.7. The lowest BCUT2D eigenvalue weighted by atomic mass is 10.1. The fourth-order valence-corrected chi connectivity index (χ4v) is 2.08. The van der Waals surface area contributed by atoms with Gasteiger partial charge in [0.1, 0.15) is 17.4 Å². The number of carbonyl (C=O) groups excluding carboxylic acids is 1. The van der Waals surface area contributed by atoms with Gasteiger partial charge in [-0.3, -0.25) is 14.4 Å². The highest BCUT2D eigenvalue weighted by Crippen LogP contribution is 2.24. The molecular weight excluding hydrogens is 412 g/mol. The summed E-state index contributed by atoms with van der Waals surface area (Å²) >= 11 is 0. The highest BCUT2D eigenvalue weighted by atomic mass is 16.7. The molecule has 1 heterocycles. The van der Waals surface area contributed by atoms with E-state index < -0.39 is 24.2 Å². The number of carbonyl (C=O) groups is 4. The topological polar surface area (TPSA) is 157 Å². The fourth-order valence-electron chi connectivity index (χ4n) is 2.08. The highest BCUT2D eigenvalue weighted by molar-refractivity contribution is 5.90. The fraction of sp³-hybridized carbons (Fsp3) is 0.524. The summed E-state index contributed by atoms with van der Waals surface area (Å²) in [5, 5.41) is 24.6. The first kappa shape index (κ1) is 27.9. The molecule has 0 bridgehead atoms. The summed E-state index contributed by atoms with van der Waals surface area (Å²) in [5.74, 6) is -2.56. The second-order valence-corrected chi connectivity index (χ2v) is 6.20. The van der Waals surface area contributed by atoms with Gasteiger partial charge in [0, 0.05) is 32.1 Å². The van der Waals surface area contributed by atoms with E-state index in [0.29, 0.717) is 25.9 Å². The standard InChI is InChI=1S/C15H18O6.2C3H6O2/c1-2-13(16)20-10-7-8-19-14(9-10)21-12-6-4-3-5-11(12)15(17)18;2*1-2-3(4)5/h3-6,10,14H,2,7-9H2,1H3,(H,17,18);2*2H2,1H3,(H,4,5). The number of carboxylic acids is 3. The Bertz CT molecular complexity index is 702. The van der Waals surface area contributed by atoms with E-state index in [2.05, 4.69) is 0 Å². The van der Waals surface area contributed by atoms with Crippen molar-refractivity contribution in [1.82, 2.24) is 0 Å². The zero-order valence-corrected chi connectivity index (χ0v) is 17.9. The summed E-state index contributed by atoms with van der Waals surface area (Å²) in [6.45, 7) is 5.34. The van der Waals surface area contributed by atoms with Gasteiger partial charge in [0.2, 0.25) is 6.29 Å². The van der Waals surface area contributed by atoms with Crippen molar-refractivity contribution in [2.75, 3.05) is 6.61 Å². The molecule has 0 radical (unpaired) electrons. The average molecular weight is 442 g/mol. The molecule has 0 aromatic heterocycles. The number of para-hydroxylation sites is 1. The van der Waals surface area contributed by atoms with E-state index in [1.807, 2.05) is 0 Å². The summed E-state index contributed by atoms with van der Waals surface area (Å²) in [7, 11) is 0. The first-order valence-corrected chi connectivity index (χ1v) is 9.88. The molecule has 0 saturated carbocycles. The van der Waals surface area contributed by atoms with Gasteiger partial charge in [-0.15, -0.1) is 0 Å². The van der Waals surface area contributed by atoms with Crippen LogP contribution in [0, 0.1) is 0 Å². The molecule has 1 aliphatic heterocycles. The maximum absolute atomic E-state index is 11.3. The first-order chi connectivity index (χ1) is 14.6. The van der Waals surface area contributed by atoms with Crippen molar-refractivity contribution in [3.63, 3.8) is 0 Å². The van der Waals surface area contributed by atoms with Crippen molar-refractivity contribution < 1.29 is 48.7 Å². The summed E-state index contributed by atoms with van der Waals surface area (Å²) in [4.78, 5) is 41.2. The normalized spacial score (nSPS) is 17.0. The average Bonchev–Trinajstić information content (AvgIpc) is 2.75. The van der Waals surface area contributed by atoms with Crippen LogP contribution in [0.5, 0.6) is 5.75 Å². The Balaban J connectivity index is 0.000000752. The van der Waals surface area contributed by atoms with Gasteiger partial charge in [0.15, 0.2) is 0 Å². The van der Waals surface area contributed by atoms with Crippen LogP contribution in [-0.4, -0.2) is 58.2 Å². The Morgan fingerprint density at radius 3 is 2.00 bits per heavy atom. The van der Waals surface area contributed by atoms with Gasteiger partial charge in [-0.2, -0.15) is 0 Å². The lowest BCUT2D eigenvalue weighted by Gasteiger charge is -2.29. The Labute approximate surface area is 180 Å². The molecular formula is C21H30O10. The molecule has 10 heteroatoms. The number of carboxylic acid groups (broad SMARTS) is 3. The van der Waals surface area contributed by atoms with Crippen LogP contribution in [0.15, 0.2) is 24.3 Å². The molecule has 1 fully saturated rings. The van der Waals surface area contributed by atoms with E-state index in [4.69, 9.17) is 29.5 Å². The van der Waals surface area contributed by atoms with Gasteiger partial charge in [0.25, 0.3) is 0 Å². The van der Waals surface area contributed by atoms with Crippen LogP contribution < -0.4 is 4.74 Å². The third kappa shape index (κ3) is 12.9. The van der Waals surface area contributed by atoms with Crippen LogP contribution in [0.3, 0.4) is 0 Å². The van der Waals surface area contributed by atoms with Crippen molar-refractivity contribution in [3.8, 4) is 5.75 Å². The van der Waals surface area contributed by atoms with Gasteiger partial charge in [0.05, 0.1) is 6.61 Å². The molecule has 2 atom stereocenters. The van der Waals surface area contributed by atoms with Gasteiger partial charge in [-0.25, -0.2) is 4.79 Å². The summed E-state index contributed by atoms with van der Waals surface area (Å²) in [6.07, 6.45) is 0.901. The quantitative estimate of drug-likeness (QED) is 0.536. The predicted octanol–water partition coefficient (Wildman–Crippen LogP) is 3.18. The molecule has 10 nitrogen and oxygen atoms in total. The van der Waals surface area contributed by atoms with Gasteiger partial charge >= 0.3 is 23.9 Å². The number of aliphatic carboxylic acids is 2. The number of benzene rings is 1. The number of esters is 1. The largest absolute Gasteiger partial charge is 0.481 e. The number of hydrogen-bond donors (Lipinski definition) is 3. The van der Waals surface area contributed by atoms with Crippen molar-refractivity contribution >= 4 is 23.9 Å². The number of ether oxygens (including phenoxy) is 3. The van der Waals surface area contributed by atoms with Crippen LogP contribution >= 0.6 is 0 Å². The number of aromatic carboxylic acids is 1. The van der Waals surface area contributed by atoms with E-state index >= 15 is 0 Å². The molecule has 1 aromatic carbocycles. The third-order valence-corrected chi connectivity index (χ3v) is 3.77. The van der Waals surface area contributed by atoms with Crippen LogP contribution in [0.25, 0.3) is 0 Å². The lowest BCUT2D eigenvalue weighted by Crippen LogP contribution is -2.35. The number of rotatable bonds is 7. The minimum atomic E-state index is -1.06. The van der Waals surface area contributed by atoms with Crippen LogP contribution in [-0.2, 0) is 23.9 Å². The molecule has 1 saturated heterocycles. The zero-order valence-electron chi connectivity index (χ0n) is 17.9. The molecule has 2 rings (SSSR count). The molecule has 2 unspecified atom stereocenters. The van der Waals surface area contributed by atoms with Crippen LogP contribution in [0.2, 0.25) is 0 Å². The smallest absolute Gasteiger partial charge is 0.339 e. The molecule has 174 valence electrons. The minimum Gasteiger partial charge on any atom is -0.481 e. The summed E-state index contributed by atoms with van der Waals surface area (Å²) in [6, 6.07) is 6.37. The Morgan fingerprint density at radius 2 is 1.52 bits per heavy atom. The van der Waals surface area contributed by atoms with Gasteiger partial charge < -0.3 is 29.5 Å². The zero-order chi connectivity index (χ0) is 23.8. The second-order valence-electron chi connectivity index (χ2n) is 6.20.